The lowest BCUT2D eigenvalue weighted by Crippen LogP contribution is -2.61. The highest BCUT2D eigenvalue weighted by atomic mass is 16.4. The summed E-state index contributed by atoms with van der Waals surface area (Å²) in [7, 11) is 0. The summed E-state index contributed by atoms with van der Waals surface area (Å²) in [6.45, 7) is 6.51. The second-order valence-corrected chi connectivity index (χ2v) is 16.1. The van der Waals surface area contributed by atoms with Gasteiger partial charge in [0.1, 0.15) is 42.3 Å². The number of aromatic nitrogens is 4. The maximum absolute atomic E-state index is 14.3. The van der Waals surface area contributed by atoms with Gasteiger partial charge in [-0.3, -0.25) is 43.2 Å². The van der Waals surface area contributed by atoms with Crippen LogP contribution < -0.4 is 43.0 Å². The summed E-state index contributed by atoms with van der Waals surface area (Å²) in [6, 6.07) is -3.01. The molecule has 8 amide bonds. The number of para-hydroxylation sites is 1. The highest BCUT2D eigenvalue weighted by Crippen LogP contribution is 2.19. The second kappa shape index (κ2) is 22.3. The van der Waals surface area contributed by atoms with Crippen LogP contribution in [0.1, 0.15) is 65.1 Å². The third-order valence-corrected chi connectivity index (χ3v) is 10.2. The molecule has 342 valence electrons. The SMILES string of the molecule is CC(=O)N[C@H](C(=O)N[C@H]1Cc2cnnn2C[C@@H](C(=O)N[C@@H](Cc2c[nH]c3ccccc23)C(N)=O)NC(=O)[C@H](CC(C)C)NC(=O)[C@H](CCC(=O)O)NC(=O)[C@H](CO)NC1=O)C(C)C. The zero-order chi connectivity index (χ0) is 46.5. The van der Waals surface area contributed by atoms with Crippen molar-refractivity contribution in [2.75, 3.05) is 6.61 Å². The van der Waals surface area contributed by atoms with Gasteiger partial charge in [-0.25, -0.2) is 4.68 Å². The van der Waals surface area contributed by atoms with E-state index in [0.717, 1.165) is 15.6 Å². The van der Waals surface area contributed by atoms with Crippen LogP contribution in [0.4, 0.5) is 0 Å². The molecule has 0 radical (unpaired) electrons. The third-order valence-electron chi connectivity index (χ3n) is 10.2. The fourth-order valence-corrected chi connectivity index (χ4v) is 6.93. The van der Waals surface area contributed by atoms with Crippen LogP contribution in [0.2, 0.25) is 0 Å². The first-order chi connectivity index (χ1) is 29.8. The van der Waals surface area contributed by atoms with Crippen molar-refractivity contribution in [2.45, 2.75) is 116 Å². The number of carboxylic acids is 1. The van der Waals surface area contributed by atoms with Gasteiger partial charge in [0.05, 0.1) is 25.0 Å². The Kier molecular flexibility index (Phi) is 17.2. The van der Waals surface area contributed by atoms with Crippen molar-refractivity contribution in [3.05, 3.63) is 47.9 Å². The molecule has 0 spiro atoms. The van der Waals surface area contributed by atoms with Crippen LogP contribution in [0.25, 0.3) is 10.9 Å². The van der Waals surface area contributed by atoms with Crippen LogP contribution in [0, 0.1) is 11.8 Å². The number of hydrogen-bond acceptors (Lipinski definition) is 12. The average Bonchev–Trinajstić information content (AvgIpc) is 3.84. The maximum Gasteiger partial charge on any atom is 0.303 e. The number of hydrogen-bond donors (Lipinski definition) is 11. The molecule has 63 heavy (non-hydrogen) atoms. The highest BCUT2D eigenvalue weighted by molar-refractivity contribution is 5.98. The third kappa shape index (κ3) is 13.8. The number of nitrogens with zero attached hydrogens (tertiary/aromatic N) is 3. The Hall–Kier alpha value is -6.91. The molecule has 3 heterocycles. The minimum absolute atomic E-state index is 0.00286. The van der Waals surface area contributed by atoms with E-state index >= 15 is 0 Å². The summed E-state index contributed by atoms with van der Waals surface area (Å²) >= 11 is 0. The quantitative estimate of drug-likeness (QED) is 0.0727. The van der Waals surface area contributed by atoms with Gasteiger partial charge in [0.2, 0.25) is 47.3 Å². The van der Waals surface area contributed by atoms with Gasteiger partial charge in [-0.15, -0.1) is 5.10 Å². The fourth-order valence-electron chi connectivity index (χ4n) is 6.93. The van der Waals surface area contributed by atoms with Crippen LogP contribution in [-0.2, 0) is 62.5 Å². The van der Waals surface area contributed by atoms with Crippen LogP contribution in [-0.4, -0.2) is 132 Å². The van der Waals surface area contributed by atoms with E-state index in [1.165, 1.54) is 13.1 Å². The molecule has 1 aromatic carbocycles. The summed E-state index contributed by atoms with van der Waals surface area (Å²) in [4.78, 5) is 123. The predicted molar refractivity (Wildman–Crippen MR) is 222 cm³/mol. The summed E-state index contributed by atoms with van der Waals surface area (Å²) < 4.78 is 1.16. The molecule has 0 aliphatic carbocycles. The average molecular weight is 881 g/mol. The lowest BCUT2D eigenvalue weighted by molar-refractivity contribution is -0.139. The monoisotopic (exact) mass is 880 g/mol. The van der Waals surface area contributed by atoms with Crippen molar-refractivity contribution in [1.29, 1.82) is 0 Å². The van der Waals surface area contributed by atoms with Gasteiger partial charge < -0.3 is 58.1 Å². The van der Waals surface area contributed by atoms with Crippen LogP contribution >= 0.6 is 0 Å². The van der Waals surface area contributed by atoms with Gasteiger partial charge in [-0.2, -0.15) is 0 Å². The number of H-pyrrole nitrogens is 1. The number of aliphatic hydroxyl groups excluding tert-OH is 1. The summed E-state index contributed by atoms with van der Waals surface area (Å²) in [5.74, 6) is -9.16. The molecule has 1 aliphatic rings. The van der Waals surface area contributed by atoms with Crippen molar-refractivity contribution < 1.29 is 53.4 Å². The van der Waals surface area contributed by atoms with Gasteiger partial charge in [-0.1, -0.05) is 51.1 Å². The van der Waals surface area contributed by atoms with Crippen molar-refractivity contribution >= 4 is 64.1 Å². The number of amides is 8. The van der Waals surface area contributed by atoms with Gasteiger partial charge in [0.25, 0.3) is 0 Å². The number of benzene rings is 1. The molecule has 0 bridgehead atoms. The Morgan fingerprint density at radius 2 is 1.56 bits per heavy atom. The van der Waals surface area contributed by atoms with Crippen LogP contribution in [0.3, 0.4) is 0 Å². The first-order valence-corrected chi connectivity index (χ1v) is 20.4. The van der Waals surface area contributed by atoms with Crippen molar-refractivity contribution in [3.8, 4) is 0 Å². The number of nitrogens with one attached hydrogen (secondary N) is 8. The smallest absolute Gasteiger partial charge is 0.303 e. The number of aliphatic hydroxyl groups is 1. The topological polar surface area (TPSA) is 351 Å². The first-order valence-electron chi connectivity index (χ1n) is 20.4. The van der Waals surface area contributed by atoms with Crippen LogP contribution in [0.5, 0.6) is 0 Å². The van der Waals surface area contributed by atoms with E-state index in [-0.39, 0.29) is 24.5 Å². The normalized spacial score (nSPS) is 21.2. The minimum atomic E-state index is -1.74. The fraction of sp³-hybridized carbons (Fsp3) is 0.525. The maximum atomic E-state index is 14.3. The van der Waals surface area contributed by atoms with E-state index in [4.69, 9.17) is 5.73 Å². The zero-order valence-corrected chi connectivity index (χ0v) is 35.6. The molecular formula is C40H56N12O11. The molecule has 23 nitrogen and oxygen atoms in total. The molecule has 3 aromatic rings. The van der Waals surface area contributed by atoms with Gasteiger partial charge >= 0.3 is 5.97 Å². The van der Waals surface area contributed by atoms with E-state index in [0.29, 0.717) is 5.56 Å². The molecule has 23 heteroatoms. The molecule has 1 aliphatic heterocycles. The molecule has 4 rings (SSSR count). The Morgan fingerprint density at radius 3 is 2.19 bits per heavy atom. The standard InChI is InChI=1S/C40H56N12O11/c1-19(2)12-28-36(59)49-30(38(61)46-27(34(41)57)13-22-15-42-25-9-7-6-8-24(22)25)17-52-23(16-43-51-52)14-29(48-40(63)33(20(3)4)44-21(5)54)37(60)50-31(18-53)39(62)45-26(35(58)47-28)10-11-32(55)56/h6-9,15-16,19-20,26-31,33,42,53H,10-14,17-18H2,1-5H3,(H2,41,57)(H,44,54)(H,45,62)(H,46,61)(H,47,58)(H,48,63)(H,49,59)(H,50,60)(H,55,56)/t26-,27-,28-,29-,30-,31-,33-/m0/s1. The van der Waals surface area contributed by atoms with E-state index in [2.05, 4.69) is 52.5 Å². The number of carboxylic acid groups (broad SMARTS) is 1. The van der Waals surface area contributed by atoms with E-state index in [1.54, 1.807) is 40.0 Å². The molecule has 2 aromatic heterocycles. The van der Waals surface area contributed by atoms with Crippen LogP contribution in [0.15, 0.2) is 36.7 Å². The molecule has 12 N–H and O–H groups in total. The highest BCUT2D eigenvalue weighted by Gasteiger charge is 2.36. The van der Waals surface area contributed by atoms with Crippen molar-refractivity contribution in [2.24, 2.45) is 17.6 Å². The molecule has 0 fully saturated rings. The largest absolute Gasteiger partial charge is 0.481 e. The molecular weight excluding hydrogens is 825 g/mol. The lowest BCUT2D eigenvalue weighted by Gasteiger charge is -2.27. The zero-order valence-electron chi connectivity index (χ0n) is 35.6. The number of primary amides is 1. The lowest BCUT2D eigenvalue weighted by atomic mass is 10.0. The van der Waals surface area contributed by atoms with Gasteiger partial charge in [0.15, 0.2) is 0 Å². The second-order valence-electron chi connectivity index (χ2n) is 16.1. The summed E-state index contributed by atoms with van der Waals surface area (Å²) in [5.41, 5.74) is 7.33. The summed E-state index contributed by atoms with van der Waals surface area (Å²) in [5, 5.41) is 46.0. The number of carbonyl (C=O) groups excluding carboxylic acids is 8. The predicted octanol–water partition coefficient (Wildman–Crippen LogP) is -2.98. The number of aromatic amines is 1. The van der Waals surface area contributed by atoms with Gasteiger partial charge in [-0.05, 0) is 36.3 Å². The molecule has 0 saturated heterocycles. The Morgan fingerprint density at radius 1 is 0.905 bits per heavy atom. The number of carbonyl (C=O) groups is 9. The summed E-state index contributed by atoms with van der Waals surface area (Å²) in [6.07, 6.45) is 1.34. The number of fused-ring (bicyclic) bond motifs is 2. The number of aliphatic carboxylic acids is 1. The molecule has 7 atom stereocenters. The van der Waals surface area contributed by atoms with Gasteiger partial charge in [0, 0.05) is 43.3 Å². The van der Waals surface area contributed by atoms with Crippen molar-refractivity contribution in [3.63, 3.8) is 0 Å². The Bertz CT molecular complexity index is 2170. The van der Waals surface area contributed by atoms with E-state index in [9.17, 15) is 53.4 Å². The first kappa shape index (κ1) is 48.8. The minimum Gasteiger partial charge on any atom is -0.481 e. The number of rotatable bonds is 15. The Balaban J connectivity index is 1.80. The Labute approximate surface area is 361 Å². The molecule has 0 unspecified atom stereocenters. The van der Waals surface area contributed by atoms with E-state index in [1.807, 2.05) is 18.2 Å². The molecule has 0 saturated carbocycles. The number of nitrogens with two attached hydrogens (primary N) is 1. The van der Waals surface area contributed by atoms with E-state index < -0.39 is 134 Å². The van der Waals surface area contributed by atoms with Crippen molar-refractivity contribution in [1.82, 2.24) is 57.2 Å².